The fraction of sp³-hybridized carbons (Fsp3) is 0.421. The maximum atomic E-state index is 12.3. The molecule has 1 aliphatic heterocycles. The number of aliphatic hydroxyl groups excluding tert-OH is 1. The van der Waals surface area contributed by atoms with Crippen LogP contribution in [0.15, 0.2) is 41.5 Å². The number of aromatic amines is 1. The third kappa shape index (κ3) is 4.11. The number of carbonyl (C=O) groups is 1. The van der Waals surface area contributed by atoms with Crippen molar-refractivity contribution in [3.63, 3.8) is 0 Å². The zero-order valence-electron chi connectivity index (χ0n) is 14.7. The maximum Gasteiger partial charge on any atom is 0.410 e. The minimum atomic E-state index is -0.313. The van der Waals surface area contributed by atoms with Gasteiger partial charge < -0.3 is 19.7 Å². The average molecular weight is 357 g/mol. The number of carbonyl (C=O) groups excluding carboxylic acids is 1. The molecule has 1 fully saturated rings. The van der Waals surface area contributed by atoms with Gasteiger partial charge in [0.2, 0.25) is 0 Å². The molecule has 0 saturated carbocycles. The zero-order valence-corrected chi connectivity index (χ0v) is 14.7. The van der Waals surface area contributed by atoms with Gasteiger partial charge in [-0.25, -0.2) is 9.78 Å². The van der Waals surface area contributed by atoms with Gasteiger partial charge in [-0.15, -0.1) is 0 Å². The molecule has 0 radical (unpaired) electrons. The molecule has 1 amide bonds. The van der Waals surface area contributed by atoms with Gasteiger partial charge in [-0.1, -0.05) is 24.3 Å². The molecule has 7 nitrogen and oxygen atoms in total. The number of hydrogen-bond acceptors (Lipinski definition) is 5. The summed E-state index contributed by atoms with van der Waals surface area (Å²) in [5, 5.41) is 8.90. The summed E-state index contributed by atoms with van der Waals surface area (Å²) in [6, 6.07) is 9.01. The SMILES string of the molecule is CC(c1ccc(-c2cc(=O)[nH]cn2)cc1)N1CCC(CCCO)OC1=O. The lowest BCUT2D eigenvalue weighted by Crippen LogP contribution is -2.43. The highest BCUT2D eigenvalue weighted by molar-refractivity contribution is 5.69. The second kappa shape index (κ2) is 8.14. The van der Waals surface area contributed by atoms with Crippen LogP contribution in [-0.4, -0.2) is 45.3 Å². The maximum absolute atomic E-state index is 12.3. The molecular formula is C19H23N3O4. The Bertz CT molecular complexity index is 803. The first-order valence-electron chi connectivity index (χ1n) is 8.81. The first-order chi connectivity index (χ1) is 12.6. The number of H-pyrrole nitrogens is 1. The third-order valence-electron chi connectivity index (χ3n) is 4.71. The van der Waals surface area contributed by atoms with E-state index in [1.807, 2.05) is 31.2 Å². The Morgan fingerprint density at radius 3 is 2.77 bits per heavy atom. The molecule has 1 aromatic carbocycles. The van der Waals surface area contributed by atoms with Crippen LogP contribution in [0.25, 0.3) is 11.3 Å². The highest BCUT2D eigenvalue weighted by atomic mass is 16.6. The second-order valence-electron chi connectivity index (χ2n) is 6.45. The van der Waals surface area contributed by atoms with Crippen molar-refractivity contribution < 1.29 is 14.6 Å². The minimum Gasteiger partial charge on any atom is -0.446 e. The van der Waals surface area contributed by atoms with Gasteiger partial charge >= 0.3 is 6.09 Å². The number of ether oxygens (including phenoxy) is 1. The third-order valence-corrected chi connectivity index (χ3v) is 4.71. The van der Waals surface area contributed by atoms with E-state index in [1.165, 1.54) is 12.4 Å². The van der Waals surface area contributed by atoms with E-state index in [-0.39, 0.29) is 30.4 Å². The van der Waals surface area contributed by atoms with Crippen LogP contribution >= 0.6 is 0 Å². The van der Waals surface area contributed by atoms with Gasteiger partial charge in [-0.3, -0.25) is 4.79 Å². The molecule has 1 aliphatic rings. The summed E-state index contributed by atoms with van der Waals surface area (Å²) in [6.07, 6.45) is 3.07. The number of rotatable bonds is 6. The lowest BCUT2D eigenvalue weighted by Gasteiger charge is -2.35. The molecule has 2 aromatic rings. The normalized spacial score (nSPS) is 18.5. The van der Waals surface area contributed by atoms with Gasteiger partial charge in [0.1, 0.15) is 6.10 Å². The van der Waals surface area contributed by atoms with Crippen molar-refractivity contribution >= 4 is 6.09 Å². The summed E-state index contributed by atoms with van der Waals surface area (Å²) in [5.74, 6) is 0. The highest BCUT2D eigenvalue weighted by Gasteiger charge is 2.30. The van der Waals surface area contributed by atoms with Crippen molar-refractivity contribution in [2.45, 2.75) is 38.3 Å². The summed E-state index contributed by atoms with van der Waals surface area (Å²) in [5.41, 5.74) is 2.25. The van der Waals surface area contributed by atoms with Crippen LogP contribution in [0.3, 0.4) is 0 Å². The van der Waals surface area contributed by atoms with Gasteiger partial charge in [0.25, 0.3) is 5.56 Å². The molecule has 138 valence electrons. The topological polar surface area (TPSA) is 95.5 Å². The number of amides is 1. The number of aliphatic hydroxyl groups is 1. The van der Waals surface area contributed by atoms with E-state index in [1.54, 1.807) is 4.90 Å². The van der Waals surface area contributed by atoms with E-state index in [0.717, 1.165) is 17.5 Å². The summed E-state index contributed by atoms with van der Waals surface area (Å²) >= 11 is 0. The lowest BCUT2D eigenvalue weighted by molar-refractivity contribution is 0.00760. The Labute approximate surface area is 151 Å². The molecule has 0 aliphatic carbocycles. The Hall–Kier alpha value is -2.67. The largest absolute Gasteiger partial charge is 0.446 e. The van der Waals surface area contributed by atoms with E-state index < -0.39 is 0 Å². The van der Waals surface area contributed by atoms with E-state index in [0.29, 0.717) is 25.1 Å². The quantitative estimate of drug-likeness (QED) is 0.828. The molecule has 1 saturated heterocycles. The molecule has 2 N–H and O–H groups in total. The Balaban J connectivity index is 1.67. The molecule has 7 heteroatoms. The Kier molecular flexibility index (Phi) is 5.68. The molecule has 1 aromatic heterocycles. The van der Waals surface area contributed by atoms with E-state index in [2.05, 4.69) is 9.97 Å². The Morgan fingerprint density at radius 2 is 2.12 bits per heavy atom. The van der Waals surface area contributed by atoms with Crippen LogP contribution in [0.1, 0.15) is 37.8 Å². The molecule has 26 heavy (non-hydrogen) atoms. The number of benzene rings is 1. The van der Waals surface area contributed by atoms with Gasteiger partial charge in [0.15, 0.2) is 0 Å². The molecular weight excluding hydrogens is 334 g/mol. The van der Waals surface area contributed by atoms with Gasteiger partial charge in [0.05, 0.1) is 18.1 Å². The fourth-order valence-electron chi connectivity index (χ4n) is 3.16. The van der Waals surface area contributed by atoms with Crippen LogP contribution < -0.4 is 5.56 Å². The molecule has 2 atom stereocenters. The summed E-state index contributed by atoms with van der Waals surface area (Å²) in [6.45, 7) is 2.71. The van der Waals surface area contributed by atoms with Crippen LogP contribution in [0, 0.1) is 0 Å². The van der Waals surface area contributed by atoms with Gasteiger partial charge in [-0.05, 0) is 25.3 Å². The minimum absolute atomic E-state index is 0.109. The van der Waals surface area contributed by atoms with Crippen molar-refractivity contribution in [2.24, 2.45) is 0 Å². The Morgan fingerprint density at radius 1 is 1.35 bits per heavy atom. The summed E-state index contributed by atoms with van der Waals surface area (Å²) < 4.78 is 5.48. The fourth-order valence-corrected chi connectivity index (χ4v) is 3.16. The van der Waals surface area contributed by atoms with Crippen molar-refractivity contribution in [1.82, 2.24) is 14.9 Å². The first kappa shape index (κ1) is 18.1. The molecule has 3 rings (SSSR count). The summed E-state index contributed by atoms with van der Waals surface area (Å²) in [4.78, 5) is 32.1. The average Bonchev–Trinajstić information content (AvgIpc) is 2.66. The molecule has 2 heterocycles. The monoisotopic (exact) mass is 357 g/mol. The second-order valence-corrected chi connectivity index (χ2v) is 6.45. The van der Waals surface area contributed by atoms with Gasteiger partial charge in [0, 0.05) is 31.2 Å². The molecule has 2 unspecified atom stereocenters. The number of nitrogens with one attached hydrogen (secondary N) is 1. The van der Waals surface area contributed by atoms with E-state index in [9.17, 15) is 9.59 Å². The van der Waals surface area contributed by atoms with Crippen molar-refractivity contribution in [3.05, 3.63) is 52.6 Å². The van der Waals surface area contributed by atoms with E-state index in [4.69, 9.17) is 9.84 Å². The predicted octanol–water partition coefficient (Wildman–Crippen LogP) is 2.48. The standard InChI is InChI=1S/C19H23N3O4/c1-13(22-9-8-16(3-2-10-23)26-19(22)25)14-4-6-15(7-5-14)17-11-18(24)21-12-20-17/h4-7,11-13,16,23H,2-3,8-10H2,1H3,(H,20,21,24). The van der Waals surface area contributed by atoms with Crippen molar-refractivity contribution in [3.8, 4) is 11.3 Å². The van der Waals surface area contributed by atoms with Crippen molar-refractivity contribution in [1.29, 1.82) is 0 Å². The number of cyclic esters (lactones) is 1. The summed E-state index contributed by atoms with van der Waals surface area (Å²) in [7, 11) is 0. The van der Waals surface area contributed by atoms with E-state index >= 15 is 0 Å². The van der Waals surface area contributed by atoms with Gasteiger partial charge in [-0.2, -0.15) is 0 Å². The smallest absolute Gasteiger partial charge is 0.410 e. The predicted molar refractivity (Wildman–Crippen MR) is 96.6 cm³/mol. The first-order valence-corrected chi connectivity index (χ1v) is 8.81. The van der Waals surface area contributed by atoms with Crippen LogP contribution in [0.4, 0.5) is 4.79 Å². The van der Waals surface area contributed by atoms with Crippen LogP contribution in [0.2, 0.25) is 0 Å². The van der Waals surface area contributed by atoms with Crippen molar-refractivity contribution in [2.75, 3.05) is 13.2 Å². The molecule has 0 spiro atoms. The number of nitrogens with zero attached hydrogens (tertiary/aromatic N) is 2. The number of aromatic nitrogens is 2. The van der Waals surface area contributed by atoms with Crippen LogP contribution in [0.5, 0.6) is 0 Å². The van der Waals surface area contributed by atoms with Crippen LogP contribution in [-0.2, 0) is 4.74 Å². The lowest BCUT2D eigenvalue weighted by atomic mass is 10.0. The zero-order chi connectivity index (χ0) is 18.5. The number of hydrogen-bond donors (Lipinski definition) is 2. The molecule has 0 bridgehead atoms. The highest BCUT2D eigenvalue weighted by Crippen LogP contribution is 2.27.